The molecule has 0 atom stereocenters. The van der Waals surface area contributed by atoms with Crippen molar-refractivity contribution >= 4 is 0 Å². The minimum absolute atomic E-state index is 0.466. The van der Waals surface area contributed by atoms with Crippen LogP contribution >= 0.6 is 0 Å². The lowest BCUT2D eigenvalue weighted by atomic mass is 9.97. The average Bonchev–Trinajstić information content (AvgIpc) is 2.99. The van der Waals surface area contributed by atoms with Gasteiger partial charge in [0.05, 0.1) is 12.3 Å². The van der Waals surface area contributed by atoms with Gasteiger partial charge in [-0.1, -0.05) is 38.1 Å². The number of rotatable bonds is 8. The smallest absolute Gasteiger partial charge is 0.122 e. The van der Waals surface area contributed by atoms with Crippen molar-refractivity contribution in [2.75, 3.05) is 6.61 Å². The average molecular weight is 301 g/mol. The maximum Gasteiger partial charge on any atom is 0.122 e. The first-order chi connectivity index (χ1) is 10.6. The maximum absolute atomic E-state index is 5.86. The third-order valence-electron chi connectivity index (χ3n) is 3.74. The van der Waals surface area contributed by atoms with Gasteiger partial charge in [0.2, 0.25) is 0 Å². The second kappa shape index (κ2) is 7.97. The van der Waals surface area contributed by atoms with Gasteiger partial charge in [-0.05, 0) is 49.3 Å². The second-order valence-electron chi connectivity index (χ2n) is 5.94. The van der Waals surface area contributed by atoms with E-state index in [0.29, 0.717) is 5.92 Å². The highest BCUT2D eigenvalue weighted by Gasteiger charge is 2.10. The highest BCUT2D eigenvalue weighted by molar-refractivity contribution is 5.39. The summed E-state index contributed by atoms with van der Waals surface area (Å²) in [5, 5.41) is 8.29. The van der Waals surface area contributed by atoms with Gasteiger partial charge < -0.3 is 4.74 Å². The molecule has 0 aliphatic carbocycles. The van der Waals surface area contributed by atoms with Crippen molar-refractivity contribution in [3.05, 3.63) is 41.2 Å². The summed E-state index contributed by atoms with van der Waals surface area (Å²) in [5.41, 5.74) is 3.68. The minimum Gasteiger partial charge on any atom is -0.493 e. The van der Waals surface area contributed by atoms with Gasteiger partial charge in [0.25, 0.3) is 0 Å². The SMILES string of the molecule is CCCOc1ccc(CCc2cn(CC)nn2)cc1C(C)C. The summed E-state index contributed by atoms with van der Waals surface area (Å²) in [4.78, 5) is 0. The van der Waals surface area contributed by atoms with Crippen LogP contribution in [0.25, 0.3) is 0 Å². The maximum atomic E-state index is 5.86. The van der Waals surface area contributed by atoms with Gasteiger partial charge in [0.15, 0.2) is 0 Å². The molecule has 120 valence electrons. The zero-order valence-electron chi connectivity index (χ0n) is 14.2. The van der Waals surface area contributed by atoms with E-state index in [4.69, 9.17) is 4.74 Å². The molecule has 0 saturated carbocycles. The second-order valence-corrected chi connectivity index (χ2v) is 5.94. The molecule has 0 spiro atoms. The predicted molar refractivity (Wildman–Crippen MR) is 89.4 cm³/mol. The molecule has 0 aliphatic heterocycles. The lowest BCUT2D eigenvalue weighted by molar-refractivity contribution is 0.313. The van der Waals surface area contributed by atoms with Crippen LogP contribution in [0.15, 0.2) is 24.4 Å². The summed E-state index contributed by atoms with van der Waals surface area (Å²) in [7, 11) is 0. The van der Waals surface area contributed by atoms with Gasteiger partial charge in [-0.2, -0.15) is 0 Å². The Morgan fingerprint density at radius 1 is 1.18 bits per heavy atom. The Kier molecular flexibility index (Phi) is 5.99. The summed E-state index contributed by atoms with van der Waals surface area (Å²) >= 11 is 0. The van der Waals surface area contributed by atoms with E-state index in [0.717, 1.165) is 43.9 Å². The van der Waals surface area contributed by atoms with Gasteiger partial charge in [-0.25, -0.2) is 0 Å². The zero-order valence-corrected chi connectivity index (χ0v) is 14.2. The molecule has 1 aromatic heterocycles. The molecule has 0 amide bonds. The Balaban J connectivity index is 2.05. The zero-order chi connectivity index (χ0) is 15.9. The highest BCUT2D eigenvalue weighted by Crippen LogP contribution is 2.28. The van der Waals surface area contributed by atoms with Crippen LogP contribution in [0.2, 0.25) is 0 Å². The monoisotopic (exact) mass is 301 g/mol. The summed E-state index contributed by atoms with van der Waals surface area (Å²) < 4.78 is 7.73. The van der Waals surface area contributed by atoms with Crippen molar-refractivity contribution < 1.29 is 4.74 Å². The Morgan fingerprint density at radius 2 is 2.00 bits per heavy atom. The van der Waals surface area contributed by atoms with E-state index in [2.05, 4.69) is 56.2 Å². The van der Waals surface area contributed by atoms with Crippen LogP contribution in [0.3, 0.4) is 0 Å². The van der Waals surface area contributed by atoms with Crippen LogP contribution in [0.5, 0.6) is 5.75 Å². The lowest BCUT2D eigenvalue weighted by Gasteiger charge is -2.15. The summed E-state index contributed by atoms with van der Waals surface area (Å²) in [6, 6.07) is 6.56. The van der Waals surface area contributed by atoms with Crippen molar-refractivity contribution in [1.82, 2.24) is 15.0 Å². The number of aryl methyl sites for hydroxylation is 3. The van der Waals surface area contributed by atoms with Gasteiger partial charge >= 0.3 is 0 Å². The van der Waals surface area contributed by atoms with Gasteiger partial charge in [0.1, 0.15) is 5.75 Å². The minimum atomic E-state index is 0.466. The molecule has 2 rings (SSSR count). The first kappa shape index (κ1) is 16.5. The molecule has 0 aliphatic rings. The largest absolute Gasteiger partial charge is 0.493 e. The van der Waals surface area contributed by atoms with E-state index in [9.17, 15) is 0 Å². The molecule has 1 heterocycles. The summed E-state index contributed by atoms with van der Waals surface area (Å²) in [5.74, 6) is 1.49. The highest BCUT2D eigenvalue weighted by atomic mass is 16.5. The molecule has 4 nitrogen and oxygen atoms in total. The third kappa shape index (κ3) is 4.33. The topological polar surface area (TPSA) is 39.9 Å². The summed E-state index contributed by atoms with van der Waals surface area (Å²) in [6.45, 7) is 10.3. The van der Waals surface area contributed by atoms with Gasteiger partial charge in [-0.15, -0.1) is 5.10 Å². The number of hydrogen-bond donors (Lipinski definition) is 0. The van der Waals surface area contributed by atoms with E-state index in [1.54, 1.807) is 0 Å². The number of ether oxygens (including phenoxy) is 1. The normalized spacial score (nSPS) is 11.1. The van der Waals surface area contributed by atoms with Crippen LogP contribution in [0.1, 0.15) is 56.9 Å². The lowest BCUT2D eigenvalue weighted by Crippen LogP contribution is -2.02. The molecule has 0 unspecified atom stereocenters. The Hall–Kier alpha value is -1.84. The number of aromatic nitrogens is 3. The quantitative estimate of drug-likeness (QED) is 0.740. The van der Waals surface area contributed by atoms with Crippen molar-refractivity contribution in [2.45, 2.75) is 59.4 Å². The first-order valence-corrected chi connectivity index (χ1v) is 8.28. The molecule has 0 bridgehead atoms. The van der Waals surface area contributed by atoms with E-state index in [1.807, 2.05) is 10.9 Å². The molecule has 0 radical (unpaired) electrons. The van der Waals surface area contributed by atoms with Crippen LogP contribution in [0.4, 0.5) is 0 Å². The van der Waals surface area contributed by atoms with E-state index < -0.39 is 0 Å². The van der Waals surface area contributed by atoms with Crippen molar-refractivity contribution in [1.29, 1.82) is 0 Å². The van der Waals surface area contributed by atoms with E-state index >= 15 is 0 Å². The molecule has 2 aromatic rings. The molecule has 0 N–H and O–H groups in total. The predicted octanol–water partition coefficient (Wildman–Crippen LogP) is 4.00. The van der Waals surface area contributed by atoms with Crippen LogP contribution in [0, 0.1) is 0 Å². The summed E-state index contributed by atoms with van der Waals surface area (Å²) in [6.07, 6.45) is 4.97. The number of nitrogens with zero attached hydrogens (tertiary/aromatic N) is 3. The molecule has 0 saturated heterocycles. The molecule has 4 heteroatoms. The number of benzene rings is 1. The molecule has 22 heavy (non-hydrogen) atoms. The third-order valence-corrected chi connectivity index (χ3v) is 3.74. The van der Waals surface area contributed by atoms with Crippen LogP contribution in [-0.4, -0.2) is 21.6 Å². The Labute approximate surface area is 133 Å². The van der Waals surface area contributed by atoms with Gasteiger partial charge in [0, 0.05) is 12.7 Å². The molecule has 0 fully saturated rings. The van der Waals surface area contributed by atoms with Gasteiger partial charge in [-0.3, -0.25) is 4.68 Å². The molecular formula is C18H27N3O. The first-order valence-electron chi connectivity index (χ1n) is 8.28. The molecular weight excluding hydrogens is 274 g/mol. The standard InChI is InChI=1S/C18H27N3O/c1-5-11-22-18-10-8-15(12-17(18)14(3)4)7-9-16-13-21(6-2)20-19-16/h8,10,12-14H,5-7,9,11H2,1-4H3. The number of hydrogen-bond acceptors (Lipinski definition) is 3. The van der Waals surface area contributed by atoms with Crippen molar-refractivity contribution in [3.63, 3.8) is 0 Å². The molecule has 1 aromatic carbocycles. The fourth-order valence-corrected chi connectivity index (χ4v) is 2.43. The van der Waals surface area contributed by atoms with E-state index in [1.165, 1.54) is 11.1 Å². The van der Waals surface area contributed by atoms with E-state index in [-0.39, 0.29) is 0 Å². The van der Waals surface area contributed by atoms with Crippen molar-refractivity contribution in [3.8, 4) is 5.75 Å². The van der Waals surface area contributed by atoms with Crippen LogP contribution in [-0.2, 0) is 19.4 Å². The fourth-order valence-electron chi connectivity index (χ4n) is 2.43. The Bertz CT molecular complexity index is 590. The Morgan fingerprint density at radius 3 is 2.64 bits per heavy atom. The van der Waals surface area contributed by atoms with Crippen LogP contribution < -0.4 is 4.74 Å². The fraction of sp³-hybridized carbons (Fsp3) is 0.556. The van der Waals surface area contributed by atoms with Crippen molar-refractivity contribution in [2.24, 2.45) is 0 Å².